The number of carboxylic acids is 1. The molecule has 0 aliphatic heterocycles. The minimum Gasteiger partial charge on any atom is -0.488 e. The first kappa shape index (κ1) is 12.6. The van der Waals surface area contributed by atoms with E-state index in [-0.39, 0.29) is 6.10 Å². The van der Waals surface area contributed by atoms with Gasteiger partial charge in [-0.25, -0.2) is 9.78 Å². The maximum atomic E-state index is 10.6. The molecule has 1 aromatic heterocycles. The fourth-order valence-electron chi connectivity index (χ4n) is 2.12. The molecule has 4 nitrogen and oxygen atoms in total. The summed E-state index contributed by atoms with van der Waals surface area (Å²) >= 11 is 0. The van der Waals surface area contributed by atoms with Crippen molar-refractivity contribution in [1.82, 2.24) is 4.98 Å². The molecule has 1 N–H and O–H groups in total. The van der Waals surface area contributed by atoms with Gasteiger partial charge in [-0.2, -0.15) is 0 Å². The van der Waals surface area contributed by atoms with Crippen molar-refractivity contribution >= 4 is 12.0 Å². The van der Waals surface area contributed by atoms with Crippen LogP contribution in [0.15, 0.2) is 18.2 Å². The van der Waals surface area contributed by atoms with Crippen LogP contribution in [0.3, 0.4) is 0 Å². The molecule has 0 amide bonds. The van der Waals surface area contributed by atoms with Crippen molar-refractivity contribution in [3.63, 3.8) is 0 Å². The highest BCUT2D eigenvalue weighted by molar-refractivity contribution is 5.85. The third-order valence-electron chi connectivity index (χ3n) is 3.00. The highest BCUT2D eigenvalue weighted by Gasteiger charge is 2.17. The second-order valence-corrected chi connectivity index (χ2v) is 4.53. The van der Waals surface area contributed by atoms with E-state index in [9.17, 15) is 4.79 Å². The van der Waals surface area contributed by atoms with Crippen LogP contribution in [0.2, 0.25) is 0 Å². The molecule has 0 bridgehead atoms. The topological polar surface area (TPSA) is 59.4 Å². The zero-order chi connectivity index (χ0) is 13.0. The standard InChI is InChI=1S/C14H17NO3/c1-10-6-8-13(18-11-4-2-3-5-11)12(15-10)7-9-14(16)17/h6-9,11H,2-5H2,1H3,(H,16,17). The summed E-state index contributed by atoms with van der Waals surface area (Å²) in [5, 5.41) is 8.66. The van der Waals surface area contributed by atoms with Gasteiger partial charge in [-0.1, -0.05) is 0 Å². The van der Waals surface area contributed by atoms with Crippen molar-refractivity contribution in [1.29, 1.82) is 0 Å². The van der Waals surface area contributed by atoms with Crippen molar-refractivity contribution in [2.24, 2.45) is 0 Å². The summed E-state index contributed by atoms with van der Waals surface area (Å²) in [6.45, 7) is 1.87. The number of carboxylic acid groups (broad SMARTS) is 1. The first-order valence-corrected chi connectivity index (χ1v) is 6.20. The number of aryl methyl sites for hydroxylation is 1. The number of hydrogen-bond donors (Lipinski definition) is 1. The van der Waals surface area contributed by atoms with Crippen molar-refractivity contribution in [2.45, 2.75) is 38.7 Å². The maximum absolute atomic E-state index is 10.6. The second kappa shape index (κ2) is 5.67. The summed E-state index contributed by atoms with van der Waals surface area (Å²) in [7, 11) is 0. The molecule has 0 radical (unpaired) electrons. The average Bonchev–Trinajstić information content (AvgIpc) is 2.82. The van der Waals surface area contributed by atoms with Gasteiger partial charge in [0.25, 0.3) is 0 Å². The molecular weight excluding hydrogens is 230 g/mol. The largest absolute Gasteiger partial charge is 0.488 e. The lowest BCUT2D eigenvalue weighted by molar-refractivity contribution is -0.131. The fraction of sp³-hybridized carbons (Fsp3) is 0.429. The monoisotopic (exact) mass is 247 g/mol. The Bertz CT molecular complexity index is 462. The van der Waals surface area contributed by atoms with E-state index >= 15 is 0 Å². The molecule has 1 aromatic rings. The number of ether oxygens (including phenoxy) is 1. The van der Waals surface area contributed by atoms with Crippen LogP contribution in [0.1, 0.15) is 37.1 Å². The van der Waals surface area contributed by atoms with Crippen molar-refractivity contribution in [2.75, 3.05) is 0 Å². The van der Waals surface area contributed by atoms with Crippen LogP contribution in [0.4, 0.5) is 0 Å². The fourth-order valence-corrected chi connectivity index (χ4v) is 2.12. The Morgan fingerprint density at radius 1 is 1.44 bits per heavy atom. The van der Waals surface area contributed by atoms with Gasteiger partial charge in [0.2, 0.25) is 0 Å². The summed E-state index contributed by atoms with van der Waals surface area (Å²) in [4.78, 5) is 14.9. The highest BCUT2D eigenvalue weighted by atomic mass is 16.5. The second-order valence-electron chi connectivity index (χ2n) is 4.53. The van der Waals surface area contributed by atoms with Crippen molar-refractivity contribution in [3.8, 4) is 5.75 Å². The van der Waals surface area contributed by atoms with E-state index in [1.165, 1.54) is 18.9 Å². The third-order valence-corrected chi connectivity index (χ3v) is 3.00. The van der Waals surface area contributed by atoms with E-state index in [1.54, 1.807) is 0 Å². The zero-order valence-corrected chi connectivity index (χ0v) is 10.4. The molecule has 1 saturated carbocycles. The first-order valence-electron chi connectivity index (χ1n) is 6.20. The molecule has 1 aliphatic carbocycles. The van der Waals surface area contributed by atoms with Gasteiger partial charge in [-0.15, -0.1) is 0 Å². The van der Waals surface area contributed by atoms with Crippen LogP contribution in [-0.2, 0) is 4.79 Å². The van der Waals surface area contributed by atoms with E-state index in [4.69, 9.17) is 9.84 Å². The lowest BCUT2D eigenvalue weighted by Gasteiger charge is -2.14. The zero-order valence-electron chi connectivity index (χ0n) is 10.4. The summed E-state index contributed by atoms with van der Waals surface area (Å²) in [5.41, 5.74) is 1.43. The van der Waals surface area contributed by atoms with Crippen molar-refractivity contribution < 1.29 is 14.6 Å². The molecule has 18 heavy (non-hydrogen) atoms. The number of nitrogens with zero attached hydrogens (tertiary/aromatic N) is 1. The van der Waals surface area contributed by atoms with Crippen LogP contribution in [0.5, 0.6) is 5.75 Å². The van der Waals surface area contributed by atoms with E-state index in [0.29, 0.717) is 11.4 Å². The highest BCUT2D eigenvalue weighted by Crippen LogP contribution is 2.26. The molecule has 0 saturated heterocycles. The first-order chi connectivity index (χ1) is 8.65. The van der Waals surface area contributed by atoms with Crippen LogP contribution in [-0.4, -0.2) is 22.2 Å². The lowest BCUT2D eigenvalue weighted by atomic mass is 10.2. The molecule has 2 rings (SSSR count). The Morgan fingerprint density at radius 3 is 2.83 bits per heavy atom. The van der Waals surface area contributed by atoms with Crippen LogP contribution < -0.4 is 4.74 Å². The number of aromatic nitrogens is 1. The van der Waals surface area contributed by atoms with E-state index in [0.717, 1.165) is 24.6 Å². The Labute approximate surface area is 106 Å². The molecule has 0 spiro atoms. The summed E-state index contributed by atoms with van der Waals surface area (Å²) in [6.07, 6.45) is 7.34. The predicted molar refractivity (Wildman–Crippen MR) is 68.5 cm³/mol. The minimum absolute atomic E-state index is 0.242. The van der Waals surface area contributed by atoms with E-state index < -0.39 is 5.97 Å². The summed E-state index contributed by atoms with van der Waals surface area (Å²) in [5.74, 6) is -0.310. The van der Waals surface area contributed by atoms with Crippen LogP contribution in [0, 0.1) is 6.92 Å². The number of rotatable bonds is 4. The molecule has 1 fully saturated rings. The number of aliphatic carboxylic acids is 1. The molecule has 4 heteroatoms. The van der Waals surface area contributed by atoms with Gasteiger partial charge in [0.15, 0.2) is 0 Å². The van der Waals surface area contributed by atoms with Crippen LogP contribution in [0.25, 0.3) is 6.08 Å². The Balaban J connectivity index is 2.19. The van der Waals surface area contributed by atoms with Gasteiger partial charge in [0.1, 0.15) is 11.4 Å². The lowest BCUT2D eigenvalue weighted by Crippen LogP contribution is -2.12. The molecule has 96 valence electrons. The molecule has 0 unspecified atom stereocenters. The van der Waals surface area contributed by atoms with E-state index in [1.807, 2.05) is 19.1 Å². The SMILES string of the molecule is Cc1ccc(OC2CCCC2)c(C=CC(=O)O)n1. The average molecular weight is 247 g/mol. The van der Waals surface area contributed by atoms with Gasteiger partial charge in [0, 0.05) is 11.8 Å². The molecule has 0 aromatic carbocycles. The third kappa shape index (κ3) is 3.32. The van der Waals surface area contributed by atoms with Gasteiger partial charge in [0.05, 0.1) is 6.10 Å². The van der Waals surface area contributed by atoms with Gasteiger partial charge >= 0.3 is 5.97 Å². The molecular formula is C14H17NO3. The minimum atomic E-state index is -0.981. The van der Waals surface area contributed by atoms with Crippen LogP contribution >= 0.6 is 0 Å². The van der Waals surface area contributed by atoms with Gasteiger partial charge in [-0.05, 0) is 50.8 Å². The quantitative estimate of drug-likeness (QED) is 0.831. The Hall–Kier alpha value is -1.84. The van der Waals surface area contributed by atoms with Gasteiger partial charge < -0.3 is 9.84 Å². The smallest absolute Gasteiger partial charge is 0.328 e. The van der Waals surface area contributed by atoms with Crippen molar-refractivity contribution in [3.05, 3.63) is 29.6 Å². The summed E-state index contributed by atoms with van der Waals surface area (Å²) < 4.78 is 5.89. The van der Waals surface area contributed by atoms with E-state index in [2.05, 4.69) is 4.98 Å². The Kier molecular flexibility index (Phi) is 3.97. The number of hydrogen-bond acceptors (Lipinski definition) is 3. The number of carbonyl (C=O) groups is 1. The Morgan fingerprint density at radius 2 is 2.17 bits per heavy atom. The molecule has 1 aliphatic rings. The van der Waals surface area contributed by atoms with Gasteiger partial charge in [-0.3, -0.25) is 0 Å². The predicted octanol–water partition coefficient (Wildman–Crippen LogP) is 2.81. The maximum Gasteiger partial charge on any atom is 0.328 e. The summed E-state index contributed by atoms with van der Waals surface area (Å²) in [6, 6.07) is 3.74. The number of pyridine rings is 1. The normalized spacial score (nSPS) is 16.3. The molecule has 0 atom stereocenters. The molecule has 1 heterocycles.